The van der Waals surface area contributed by atoms with Gasteiger partial charge in [-0.2, -0.15) is 0 Å². The van der Waals surface area contributed by atoms with E-state index in [-0.39, 0.29) is 5.78 Å². The lowest BCUT2D eigenvalue weighted by Crippen LogP contribution is -1.98. The van der Waals surface area contributed by atoms with Crippen molar-refractivity contribution in [1.29, 1.82) is 0 Å². The zero-order valence-corrected chi connectivity index (χ0v) is 14.1. The molecule has 25 heavy (non-hydrogen) atoms. The van der Waals surface area contributed by atoms with Crippen LogP contribution in [-0.4, -0.2) is 5.78 Å². The van der Waals surface area contributed by atoms with E-state index in [0.717, 1.165) is 16.7 Å². The molecule has 0 aliphatic carbocycles. The van der Waals surface area contributed by atoms with E-state index < -0.39 is 0 Å². The van der Waals surface area contributed by atoms with Crippen LogP contribution in [0.2, 0.25) is 0 Å². The van der Waals surface area contributed by atoms with E-state index in [2.05, 4.69) is 11.8 Å². The lowest BCUT2D eigenvalue weighted by atomic mass is 10.0. The Labute approximate surface area is 148 Å². The predicted molar refractivity (Wildman–Crippen MR) is 103 cm³/mol. The third kappa shape index (κ3) is 4.56. The van der Waals surface area contributed by atoms with Crippen molar-refractivity contribution in [2.75, 3.05) is 0 Å². The van der Waals surface area contributed by atoms with Crippen molar-refractivity contribution < 1.29 is 4.79 Å². The Morgan fingerprint density at radius 2 is 1.60 bits per heavy atom. The molecule has 0 N–H and O–H groups in total. The minimum absolute atomic E-state index is 0.0435. The summed E-state index contributed by atoms with van der Waals surface area (Å²) in [4.78, 5) is 12.5. The Bertz CT molecular complexity index is 969. The fourth-order valence-corrected chi connectivity index (χ4v) is 2.50. The molecule has 0 bridgehead atoms. The summed E-state index contributed by atoms with van der Waals surface area (Å²) in [6.45, 7) is 2.04. The van der Waals surface area contributed by atoms with E-state index in [0.29, 0.717) is 5.56 Å². The highest BCUT2D eigenvalue weighted by Gasteiger charge is 2.06. The van der Waals surface area contributed by atoms with Gasteiger partial charge in [0, 0.05) is 16.7 Å². The third-order valence-corrected chi connectivity index (χ3v) is 3.78. The van der Waals surface area contributed by atoms with E-state index >= 15 is 0 Å². The SMILES string of the molecule is Cc1cccc(C#Cc2ccccc2C(=O)/C=C/c2ccccc2)c1. The number of ketones is 1. The molecule has 0 aliphatic rings. The maximum Gasteiger partial charge on any atom is 0.187 e. The van der Waals surface area contributed by atoms with Crippen LogP contribution in [0.3, 0.4) is 0 Å². The summed E-state index contributed by atoms with van der Waals surface area (Å²) in [5.41, 5.74) is 4.48. The van der Waals surface area contributed by atoms with Crippen molar-refractivity contribution in [1.82, 2.24) is 0 Å². The van der Waals surface area contributed by atoms with Crippen molar-refractivity contribution >= 4 is 11.9 Å². The minimum Gasteiger partial charge on any atom is -0.289 e. The second kappa shape index (κ2) is 7.95. The first-order valence-corrected chi connectivity index (χ1v) is 8.17. The van der Waals surface area contributed by atoms with Crippen LogP contribution < -0.4 is 0 Å². The first kappa shape index (κ1) is 16.5. The van der Waals surface area contributed by atoms with Gasteiger partial charge in [-0.05, 0) is 48.4 Å². The summed E-state index contributed by atoms with van der Waals surface area (Å²) >= 11 is 0. The molecule has 0 amide bonds. The Morgan fingerprint density at radius 3 is 2.40 bits per heavy atom. The van der Waals surface area contributed by atoms with Crippen molar-refractivity contribution in [2.45, 2.75) is 6.92 Å². The second-order valence-corrected chi connectivity index (χ2v) is 5.77. The average molecular weight is 322 g/mol. The van der Waals surface area contributed by atoms with E-state index in [9.17, 15) is 4.79 Å². The van der Waals surface area contributed by atoms with Crippen LogP contribution in [0.5, 0.6) is 0 Å². The molecule has 0 atom stereocenters. The molecule has 3 rings (SSSR count). The van der Waals surface area contributed by atoms with E-state index in [4.69, 9.17) is 0 Å². The van der Waals surface area contributed by atoms with Gasteiger partial charge >= 0.3 is 0 Å². The molecule has 1 nitrogen and oxygen atoms in total. The lowest BCUT2D eigenvalue weighted by molar-refractivity contribution is 0.104. The molecule has 0 saturated heterocycles. The van der Waals surface area contributed by atoms with Gasteiger partial charge < -0.3 is 0 Å². The summed E-state index contributed by atoms with van der Waals surface area (Å²) in [5.74, 6) is 6.23. The fraction of sp³-hybridized carbons (Fsp3) is 0.0417. The Hall–Kier alpha value is -3.37. The van der Waals surface area contributed by atoms with Crippen LogP contribution >= 0.6 is 0 Å². The number of allylic oxidation sites excluding steroid dienone is 1. The summed E-state index contributed by atoms with van der Waals surface area (Å²) < 4.78 is 0. The fourth-order valence-electron chi connectivity index (χ4n) is 2.50. The van der Waals surface area contributed by atoms with Gasteiger partial charge in [0.05, 0.1) is 0 Å². The van der Waals surface area contributed by atoms with Gasteiger partial charge in [0.2, 0.25) is 0 Å². The van der Waals surface area contributed by atoms with Crippen molar-refractivity contribution in [3.8, 4) is 11.8 Å². The zero-order chi connectivity index (χ0) is 17.5. The van der Waals surface area contributed by atoms with Gasteiger partial charge in [0.15, 0.2) is 5.78 Å². The highest BCUT2D eigenvalue weighted by molar-refractivity contribution is 6.08. The predicted octanol–water partition coefficient (Wildman–Crippen LogP) is 5.29. The summed E-state index contributed by atoms with van der Waals surface area (Å²) in [6.07, 6.45) is 3.43. The normalized spacial score (nSPS) is 10.3. The number of benzene rings is 3. The molecule has 3 aromatic rings. The maximum absolute atomic E-state index is 12.5. The lowest BCUT2D eigenvalue weighted by Gasteiger charge is -2.00. The van der Waals surface area contributed by atoms with Crippen molar-refractivity contribution in [3.63, 3.8) is 0 Å². The number of hydrogen-bond acceptors (Lipinski definition) is 1. The Morgan fingerprint density at radius 1 is 0.840 bits per heavy atom. The average Bonchev–Trinajstić information content (AvgIpc) is 2.65. The number of aryl methyl sites for hydroxylation is 1. The molecule has 0 fully saturated rings. The Kier molecular flexibility index (Phi) is 5.24. The number of carbonyl (C=O) groups is 1. The first-order valence-electron chi connectivity index (χ1n) is 8.17. The topological polar surface area (TPSA) is 17.1 Å². The molecule has 120 valence electrons. The third-order valence-electron chi connectivity index (χ3n) is 3.78. The molecule has 1 heteroatoms. The van der Waals surface area contributed by atoms with Gasteiger partial charge in [-0.15, -0.1) is 0 Å². The summed E-state index contributed by atoms with van der Waals surface area (Å²) in [7, 11) is 0. The molecular weight excluding hydrogens is 304 g/mol. The number of carbonyl (C=O) groups excluding carboxylic acids is 1. The molecular formula is C24H18O. The standard InChI is InChI=1S/C24H18O/c1-19-8-7-11-21(18-19)14-16-22-12-5-6-13-23(22)24(25)17-15-20-9-3-2-4-10-20/h2-13,15,17-18H,1H3/b17-15+. The molecule has 0 unspecified atom stereocenters. The van der Waals surface area contributed by atoms with Gasteiger partial charge in [-0.3, -0.25) is 4.79 Å². The number of hydrogen-bond donors (Lipinski definition) is 0. The molecule has 0 radical (unpaired) electrons. The largest absolute Gasteiger partial charge is 0.289 e. The van der Waals surface area contributed by atoms with Gasteiger partial charge in [-0.1, -0.05) is 72.5 Å². The van der Waals surface area contributed by atoms with Crippen LogP contribution in [-0.2, 0) is 0 Å². The zero-order valence-electron chi connectivity index (χ0n) is 14.1. The van der Waals surface area contributed by atoms with E-state index in [1.165, 1.54) is 5.56 Å². The van der Waals surface area contributed by atoms with Gasteiger partial charge in [0.25, 0.3) is 0 Å². The Balaban J connectivity index is 1.86. The summed E-state index contributed by atoms with van der Waals surface area (Å²) in [5, 5.41) is 0. The van der Waals surface area contributed by atoms with Gasteiger partial charge in [0.1, 0.15) is 0 Å². The molecule has 0 heterocycles. The summed E-state index contributed by atoms with van der Waals surface area (Å²) in [6, 6.07) is 25.3. The van der Waals surface area contributed by atoms with Crippen LogP contribution in [0.15, 0.2) is 84.9 Å². The number of rotatable bonds is 3. The molecule has 0 saturated carbocycles. The highest BCUT2D eigenvalue weighted by atomic mass is 16.1. The molecule has 0 spiro atoms. The van der Waals surface area contributed by atoms with Crippen molar-refractivity contribution in [3.05, 3.63) is 113 Å². The minimum atomic E-state index is -0.0435. The molecule has 0 aliphatic heterocycles. The van der Waals surface area contributed by atoms with Crippen LogP contribution in [0.1, 0.15) is 32.6 Å². The smallest absolute Gasteiger partial charge is 0.187 e. The van der Waals surface area contributed by atoms with Crippen LogP contribution in [0.25, 0.3) is 6.08 Å². The molecule has 0 aromatic heterocycles. The van der Waals surface area contributed by atoms with Gasteiger partial charge in [-0.25, -0.2) is 0 Å². The quantitative estimate of drug-likeness (QED) is 0.364. The first-order chi connectivity index (χ1) is 12.2. The monoisotopic (exact) mass is 322 g/mol. The molecule has 3 aromatic carbocycles. The van der Waals surface area contributed by atoms with E-state index in [1.54, 1.807) is 6.08 Å². The van der Waals surface area contributed by atoms with Crippen LogP contribution in [0.4, 0.5) is 0 Å². The second-order valence-electron chi connectivity index (χ2n) is 5.77. The maximum atomic E-state index is 12.5. The van der Waals surface area contributed by atoms with Crippen molar-refractivity contribution in [2.24, 2.45) is 0 Å². The van der Waals surface area contributed by atoms with E-state index in [1.807, 2.05) is 91.9 Å². The highest BCUT2D eigenvalue weighted by Crippen LogP contribution is 2.11. The van der Waals surface area contributed by atoms with Crippen LogP contribution in [0, 0.1) is 18.8 Å².